The van der Waals surface area contributed by atoms with Crippen molar-refractivity contribution in [3.05, 3.63) is 53.2 Å². The van der Waals surface area contributed by atoms with Gasteiger partial charge in [0.25, 0.3) is 0 Å². The van der Waals surface area contributed by atoms with E-state index in [0.717, 1.165) is 4.88 Å². The Morgan fingerprint density at radius 2 is 1.85 bits per heavy atom. The Morgan fingerprint density at radius 1 is 1.12 bits per heavy atom. The number of carbonyl (C=O) groups excluding carboxylic acids is 2. The lowest BCUT2D eigenvalue weighted by Crippen LogP contribution is -2.15. The topological polar surface area (TPSA) is 84.2 Å². The van der Waals surface area contributed by atoms with E-state index in [2.05, 4.69) is 15.6 Å². The maximum Gasteiger partial charge on any atom is 0.236 e. The van der Waals surface area contributed by atoms with Crippen LogP contribution >= 0.6 is 11.3 Å². The fourth-order valence-electron chi connectivity index (χ4n) is 2.38. The molecule has 0 fully saturated rings. The van der Waals surface area contributed by atoms with Crippen molar-refractivity contribution < 1.29 is 14.0 Å². The van der Waals surface area contributed by atoms with E-state index in [1.54, 1.807) is 38.1 Å². The van der Waals surface area contributed by atoms with Gasteiger partial charge in [0.1, 0.15) is 5.76 Å². The molecular weight excluding hydrogens is 350 g/mol. The van der Waals surface area contributed by atoms with Crippen LogP contribution < -0.4 is 10.6 Å². The highest BCUT2D eigenvalue weighted by Gasteiger charge is 2.15. The van der Waals surface area contributed by atoms with Crippen molar-refractivity contribution in [2.75, 3.05) is 10.6 Å². The summed E-state index contributed by atoms with van der Waals surface area (Å²) in [6.45, 7) is 3.58. The number of aromatic nitrogens is 1. The molecule has 2 amide bonds. The molecule has 0 unspecified atom stereocenters. The van der Waals surface area contributed by atoms with Gasteiger partial charge in [0.05, 0.1) is 17.0 Å². The Morgan fingerprint density at radius 3 is 2.50 bits per heavy atom. The maximum absolute atomic E-state index is 12.3. The van der Waals surface area contributed by atoms with Gasteiger partial charge >= 0.3 is 0 Å². The summed E-state index contributed by atoms with van der Waals surface area (Å²) in [6.07, 6.45) is 0.515. The molecule has 2 heterocycles. The molecule has 7 heteroatoms. The lowest BCUT2D eigenvalue weighted by atomic mass is 10.2. The number of carbonyl (C=O) groups is 2. The highest BCUT2D eigenvalue weighted by atomic mass is 32.1. The van der Waals surface area contributed by atoms with Crippen LogP contribution in [-0.2, 0) is 16.0 Å². The SMILES string of the molecule is CCC(=O)Nc1cccc(NC(=O)Cc2nc(-c3cccs3)oc2C)c1. The first-order valence-corrected chi connectivity index (χ1v) is 9.13. The molecule has 0 aliphatic carbocycles. The number of nitrogens with one attached hydrogen (secondary N) is 2. The Bertz CT molecular complexity index is 916. The number of thiophene rings is 1. The van der Waals surface area contributed by atoms with Crippen LogP contribution in [0.4, 0.5) is 11.4 Å². The number of anilines is 2. The number of amides is 2. The zero-order valence-electron chi connectivity index (χ0n) is 14.5. The van der Waals surface area contributed by atoms with Gasteiger partial charge in [-0.05, 0) is 36.6 Å². The first-order valence-electron chi connectivity index (χ1n) is 8.25. The summed E-state index contributed by atoms with van der Waals surface area (Å²) in [7, 11) is 0. The van der Waals surface area contributed by atoms with Crippen molar-refractivity contribution in [2.45, 2.75) is 26.7 Å². The fraction of sp³-hybridized carbons (Fsp3) is 0.211. The molecule has 0 aliphatic heterocycles. The first kappa shape index (κ1) is 17.9. The average molecular weight is 369 g/mol. The normalized spacial score (nSPS) is 10.5. The molecule has 0 atom stereocenters. The van der Waals surface area contributed by atoms with Crippen LogP contribution in [0.5, 0.6) is 0 Å². The molecule has 3 rings (SSSR count). The van der Waals surface area contributed by atoms with E-state index in [4.69, 9.17) is 4.42 Å². The van der Waals surface area contributed by atoms with Crippen molar-refractivity contribution in [1.29, 1.82) is 0 Å². The summed E-state index contributed by atoms with van der Waals surface area (Å²) in [4.78, 5) is 29.2. The molecule has 0 saturated heterocycles. The van der Waals surface area contributed by atoms with Crippen molar-refractivity contribution in [2.24, 2.45) is 0 Å². The lowest BCUT2D eigenvalue weighted by molar-refractivity contribution is -0.116. The van der Waals surface area contributed by atoms with E-state index in [1.807, 2.05) is 17.5 Å². The third-order valence-corrected chi connectivity index (χ3v) is 4.56. The van der Waals surface area contributed by atoms with Gasteiger partial charge in [0, 0.05) is 17.8 Å². The average Bonchev–Trinajstić information content (AvgIpc) is 3.25. The smallest absolute Gasteiger partial charge is 0.236 e. The predicted molar refractivity (Wildman–Crippen MR) is 102 cm³/mol. The van der Waals surface area contributed by atoms with E-state index in [1.165, 1.54) is 11.3 Å². The van der Waals surface area contributed by atoms with Gasteiger partial charge in [0.2, 0.25) is 17.7 Å². The van der Waals surface area contributed by atoms with Crippen LogP contribution in [0.15, 0.2) is 46.2 Å². The summed E-state index contributed by atoms with van der Waals surface area (Å²) in [6, 6.07) is 10.9. The second kappa shape index (κ2) is 7.97. The number of nitrogens with zero attached hydrogens (tertiary/aromatic N) is 1. The zero-order chi connectivity index (χ0) is 18.5. The minimum absolute atomic E-state index is 0.0761. The van der Waals surface area contributed by atoms with E-state index in [0.29, 0.717) is 35.1 Å². The van der Waals surface area contributed by atoms with Crippen LogP contribution in [0.3, 0.4) is 0 Å². The van der Waals surface area contributed by atoms with E-state index in [-0.39, 0.29) is 18.2 Å². The third-order valence-electron chi connectivity index (χ3n) is 3.70. The van der Waals surface area contributed by atoms with Crippen LogP contribution in [0.25, 0.3) is 10.8 Å². The molecule has 0 spiro atoms. The molecule has 26 heavy (non-hydrogen) atoms. The van der Waals surface area contributed by atoms with Gasteiger partial charge < -0.3 is 15.1 Å². The molecule has 0 bridgehead atoms. The monoisotopic (exact) mass is 369 g/mol. The van der Waals surface area contributed by atoms with Crippen molar-refractivity contribution >= 4 is 34.5 Å². The molecular formula is C19H19N3O3S. The Hall–Kier alpha value is -2.93. The molecule has 2 aromatic heterocycles. The number of hydrogen-bond acceptors (Lipinski definition) is 5. The molecule has 0 radical (unpaired) electrons. The number of benzene rings is 1. The minimum Gasteiger partial charge on any atom is -0.440 e. The molecule has 2 N–H and O–H groups in total. The van der Waals surface area contributed by atoms with Crippen LogP contribution in [0.1, 0.15) is 24.8 Å². The van der Waals surface area contributed by atoms with E-state index < -0.39 is 0 Å². The lowest BCUT2D eigenvalue weighted by Gasteiger charge is -2.08. The van der Waals surface area contributed by atoms with E-state index >= 15 is 0 Å². The summed E-state index contributed by atoms with van der Waals surface area (Å²) in [5.74, 6) is 0.892. The number of oxazole rings is 1. The Balaban J connectivity index is 1.66. The molecule has 1 aromatic carbocycles. The van der Waals surface area contributed by atoms with E-state index in [9.17, 15) is 9.59 Å². The van der Waals surface area contributed by atoms with Gasteiger partial charge in [0.15, 0.2) is 0 Å². The predicted octanol–water partition coefficient (Wildman–Crippen LogP) is 4.24. The summed E-state index contributed by atoms with van der Waals surface area (Å²) < 4.78 is 5.66. The van der Waals surface area contributed by atoms with Gasteiger partial charge in [-0.2, -0.15) is 0 Å². The van der Waals surface area contributed by atoms with Gasteiger partial charge in [-0.25, -0.2) is 4.98 Å². The first-order chi connectivity index (χ1) is 12.5. The second-order valence-corrected chi connectivity index (χ2v) is 6.65. The van der Waals surface area contributed by atoms with Crippen LogP contribution in [0, 0.1) is 6.92 Å². The third kappa shape index (κ3) is 4.37. The second-order valence-electron chi connectivity index (χ2n) is 5.71. The molecule has 0 saturated carbocycles. The Labute approximate surface area is 155 Å². The zero-order valence-corrected chi connectivity index (χ0v) is 15.4. The molecule has 3 aromatic rings. The number of aryl methyl sites for hydroxylation is 1. The molecule has 6 nitrogen and oxygen atoms in total. The largest absolute Gasteiger partial charge is 0.440 e. The van der Waals surface area contributed by atoms with Gasteiger partial charge in [-0.1, -0.05) is 19.1 Å². The quantitative estimate of drug-likeness (QED) is 0.681. The highest BCUT2D eigenvalue weighted by Crippen LogP contribution is 2.26. The summed E-state index contributed by atoms with van der Waals surface area (Å²) in [5.41, 5.74) is 1.87. The number of rotatable bonds is 6. The highest BCUT2D eigenvalue weighted by molar-refractivity contribution is 7.13. The maximum atomic E-state index is 12.3. The summed E-state index contributed by atoms with van der Waals surface area (Å²) >= 11 is 1.54. The van der Waals surface area contributed by atoms with Crippen molar-refractivity contribution in [3.63, 3.8) is 0 Å². The van der Waals surface area contributed by atoms with Crippen molar-refractivity contribution in [1.82, 2.24) is 4.98 Å². The molecule has 134 valence electrons. The van der Waals surface area contributed by atoms with Crippen LogP contribution in [-0.4, -0.2) is 16.8 Å². The Kier molecular flexibility index (Phi) is 5.48. The molecule has 0 aliphatic rings. The summed E-state index contributed by atoms with van der Waals surface area (Å²) in [5, 5.41) is 7.54. The minimum atomic E-state index is -0.196. The van der Waals surface area contributed by atoms with Crippen LogP contribution in [0.2, 0.25) is 0 Å². The standard InChI is InChI=1S/C19H19N3O3S/c1-3-17(23)20-13-6-4-7-14(10-13)21-18(24)11-15-12(2)25-19(22-15)16-8-5-9-26-16/h4-10H,3,11H2,1-2H3,(H,20,23)(H,21,24). The number of hydrogen-bond donors (Lipinski definition) is 2. The van der Waals surface area contributed by atoms with Crippen molar-refractivity contribution in [3.8, 4) is 10.8 Å². The fourth-order valence-corrected chi connectivity index (χ4v) is 3.03. The van der Waals surface area contributed by atoms with Gasteiger partial charge in [-0.15, -0.1) is 11.3 Å². The van der Waals surface area contributed by atoms with Gasteiger partial charge in [-0.3, -0.25) is 9.59 Å².